The molecule has 1 atom stereocenters. The third kappa shape index (κ3) is 2.48. The van der Waals surface area contributed by atoms with Crippen molar-refractivity contribution in [2.24, 2.45) is 0 Å². The van der Waals surface area contributed by atoms with Crippen LogP contribution in [0.4, 0.5) is 4.39 Å². The molecule has 0 saturated carbocycles. The van der Waals surface area contributed by atoms with E-state index in [1.54, 1.807) is 0 Å². The fourth-order valence-corrected chi connectivity index (χ4v) is 1.73. The summed E-state index contributed by atoms with van der Waals surface area (Å²) in [4.78, 5) is 11.0. The number of rotatable bonds is 2. The summed E-state index contributed by atoms with van der Waals surface area (Å²) in [5.41, 5.74) is -0.227. The van der Waals surface area contributed by atoms with Crippen LogP contribution >= 0.6 is 27.5 Å². The Balaban J connectivity index is 3.24. The van der Waals surface area contributed by atoms with Gasteiger partial charge in [-0.2, -0.15) is 0 Å². The summed E-state index contributed by atoms with van der Waals surface area (Å²) >= 11 is 8.69. The zero-order valence-electron chi connectivity index (χ0n) is 7.63. The minimum Gasteiger partial charge on any atom is -0.467 e. The highest BCUT2D eigenvalue weighted by Crippen LogP contribution is 2.32. The van der Waals surface area contributed by atoms with Crippen molar-refractivity contribution in [2.45, 2.75) is 6.10 Å². The molecule has 0 aromatic heterocycles. The van der Waals surface area contributed by atoms with Crippen LogP contribution in [0, 0.1) is 5.82 Å². The van der Waals surface area contributed by atoms with E-state index in [1.807, 2.05) is 0 Å². The molecule has 0 bridgehead atoms. The number of methoxy groups -OCH3 is 1. The highest BCUT2D eigenvalue weighted by molar-refractivity contribution is 9.10. The molecule has 1 aromatic carbocycles. The van der Waals surface area contributed by atoms with Crippen molar-refractivity contribution in [3.8, 4) is 0 Å². The lowest BCUT2D eigenvalue weighted by atomic mass is 10.1. The van der Waals surface area contributed by atoms with Crippen molar-refractivity contribution in [2.75, 3.05) is 7.11 Å². The molecule has 1 aromatic rings. The number of aliphatic hydroxyl groups is 1. The van der Waals surface area contributed by atoms with Crippen molar-refractivity contribution >= 4 is 33.5 Å². The van der Waals surface area contributed by atoms with Gasteiger partial charge in [-0.15, -0.1) is 0 Å². The smallest absolute Gasteiger partial charge is 0.339 e. The predicted molar refractivity (Wildman–Crippen MR) is 56.1 cm³/mol. The Kier molecular flexibility index (Phi) is 4.07. The summed E-state index contributed by atoms with van der Waals surface area (Å²) in [5.74, 6) is -1.68. The zero-order valence-corrected chi connectivity index (χ0v) is 9.97. The van der Waals surface area contributed by atoms with Crippen molar-refractivity contribution in [3.63, 3.8) is 0 Å². The lowest BCUT2D eigenvalue weighted by Crippen LogP contribution is -2.15. The van der Waals surface area contributed by atoms with Crippen molar-refractivity contribution in [1.29, 1.82) is 0 Å². The molecule has 0 saturated heterocycles. The number of hydrogen-bond acceptors (Lipinski definition) is 3. The Labute approximate surface area is 98.9 Å². The van der Waals surface area contributed by atoms with Gasteiger partial charge in [-0.1, -0.05) is 11.6 Å². The fourth-order valence-electron chi connectivity index (χ4n) is 1.02. The molecule has 0 amide bonds. The van der Waals surface area contributed by atoms with E-state index in [4.69, 9.17) is 11.6 Å². The molecule has 0 spiro atoms. The number of carbonyl (C=O) groups is 1. The molecular formula is C9H7BrClFO3. The van der Waals surface area contributed by atoms with Crippen LogP contribution in [0.15, 0.2) is 16.6 Å². The first-order chi connectivity index (χ1) is 6.99. The normalized spacial score (nSPS) is 12.3. The molecule has 0 aliphatic heterocycles. The predicted octanol–water partition coefficient (Wildman–Crippen LogP) is 2.45. The Morgan fingerprint density at radius 3 is 2.80 bits per heavy atom. The summed E-state index contributed by atoms with van der Waals surface area (Å²) < 4.78 is 17.8. The van der Waals surface area contributed by atoms with Gasteiger partial charge in [0.25, 0.3) is 0 Å². The number of aliphatic hydroxyl groups excluding tert-OH is 1. The summed E-state index contributed by atoms with van der Waals surface area (Å²) in [7, 11) is 1.10. The molecular weight excluding hydrogens is 290 g/mol. The number of halogens is 3. The maximum Gasteiger partial charge on any atom is 0.339 e. The largest absolute Gasteiger partial charge is 0.467 e. The minimum absolute atomic E-state index is 0.141. The molecule has 0 radical (unpaired) electrons. The Morgan fingerprint density at radius 2 is 2.27 bits per heavy atom. The number of benzene rings is 1. The number of hydrogen-bond donors (Lipinski definition) is 1. The first-order valence-corrected chi connectivity index (χ1v) is 5.05. The summed E-state index contributed by atoms with van der Waals surface area (Å²) in [6.07, 6.45) is -1.69. The van der Waals surface area contributed by atoms with Gasteiger partial charge in [0.15, 0.2) is 6.10 Å². The van der Waals surface area contributed by atoms with Gasteiger partial charge in [-0.05, 0) is 28.1 Å². The third-order valence-corrected chi connectivity index (χ3v) is 3.17. The number of carbonyl (C=O) groups excluding carboxylic acids is 1. The van der Waals surface area contributed by atoms with Crippen LogP contribution < -0.4 is 0 Å². The quantitative estimate of drug-likeness (QED) is 0.674. The topological polar surface area (TPSA) is 46.5 Å². The van der Waals surface area contributed by atoms with E-state index in [1.165, 1.54) is 6.07 Å². The first kappa shape index (κ1) is 12.4. The highest BCUT2D eigenvalue weighted by Gasteiger charge is 2.25. The third-order valence-electron chi connectivity index (χ3n) is 1.78. The van der Waals surface area contributed by atoms with E-state index in [-0.39, 0.29) is 15.1 Å². The van der Waals surface area contributed by atoms with Gasteiger partial charge < -0.3 is 9.84 Å². The maximum atomic E-state index is 13.3. The van der Waals surface area contributed by atoms with Gasteiger partial charge in [0.2, 0.25) is 0 Å². The van der Waals surface area contributed by atoms with E-state index in [0.29, 0.717) is 0 Å². The van der Waals surface area contributed by atoms with Gasteiger partial charge in [0.05, 0.1) is 12.1 Å². The van der Waals surface area contributed by atoms with E-state index in [0.717, 1.165) is 13.2 Å². The molecule has 82 valence electrons. The van der Waals surface area contributed by atoms with E-state index >= 15 is 0 Å². The van der Waals surface area contributed by atoms with Crippen LogP contribution in [-0.2, 0) is 9.53 Å². The van der Waals surface area contributed by atoms with Gasteiger partial charge in [0.1, 0.15) is 5.82 Å². The van der Waals surface area contributed by atoms with Crippen LogP contribution in [0.3, 0.4) is 0 Å². The molecule has 0 aliphatic rings. The second-order valence-electron chi connectivity index (χ2n) is 2.68. The van der Waals surface area contributed by atoms with E-state index in [2.05, 4.69) is 20.7 Å². The molecule has 3 nitrogen and oxygen atoms in total. The van der Waals surface area contributed by atoms with Crippen molar-refractivity contribution < 1.29 is 19.0 Å². The molecule has 6 heteroatoms. The average Bonchev–Trinajstić information content (AvgIpc) is 2.22. The number of ether oxygens (including phenoxy) is 1. The monoisotopic (exact) mass is 296 g/mol. The lowest BCUT2D eigenvalue weighted by molar-refractivity contribution is -0.150. The molecule has 1 rings (SSSR count). The molecule has 1 unspecified atom stereocenters. The van der Waals surface area contributed by atoms with Crippen LogP contribution in [0.1, 0.15) is 11.7 Å². The van der Waals surface area contributed by atoms with E-state index < -0.39 is 17.9 Å². The molecule has 0 heterocycles. The summed E-state index contributed by atoms with van der Waals surface area (Å²) in [5, 5.41) is 9.68. The molecule has 0 aliphatic carbocycles. The maximum absolute atomic E-state index is 13.3. The fraction of sp³-hybridized carbons (Fsp3) is 0.222. The standard InChI is InChI=1S/C9H7BrClFO3/c1-15-9(14)8(13)6-5(12)3-2-4(11)7(6)10/h2-3,8,13H,1H3. The average molecular weight is 298 g/mol. The summed E-state index contributed by atoms with van der Waals surface area (Å²) in [6.45, 7) is 0. The van der Waals surface area contributed by atoms with Crippen LogP contribution in [0.5, 0.6) is 0 Å². The number of esters is 1. The van der Waals surface area contributed by atoms with Crippen LogP contribution in [0.25, 0.3) is 0 Å². The Hall–Kier alpha value is -0.650. The van der Waals surface area contributed by atoms with Gasteiger partial charge in [-0.3, -0.25) is 0 Å². The van der Waals surface area contributed by atoms with Crippen molar-refractivity contribution in [1.82, 2.24) is 0 Å². The van der Waals surface area contributed by atoms with Crippen LogP contribution in [-0.4, -0.2) is 18.2 Å². The van der Waals surface area contributed by atoms with Crippen molar-refractivity contribution in [3.05, 3.63) is 33.0 Å². The lowest BCUT2D eigenvalue weighted by Gasteiger charge is -2.12. The van der Waals surface area contributed by atoms with Gasteiger partial charge >= 0.3 is 5.97 Å². The van der Waals surface area contributed by atoms with Gasteiger partial charge in [-0.25, -0.2) is 9.18 Å². The second-order valence-corrected chi connectivity index (χ2v) is 3.88. The highest BCUT2D eigenvalue weighted by atomic mass is 79.9. The second kappa shape index (κ2) is 4.92. The Bertz CT molecular complexity index is 397. The van der Waals surface area contributed by atoms with Gasteiger partial charge in [0, 0.05) is 10.0 Å². The SMILES string of the molecule is COC(=O)C(O)c1c(F)ccc(Cl)c1Br. The van der Waals surface area contributed by atoms with E-state index in [9.17, 15) is 14.3 Å². The Morgan fingerprint density at radius 1 is 1.67 bits per heavy atom. The zero-order chi connectivity index (χ0) is 11.6. The first-order valence-electron chi connectivity index (χ1n) is 3.88. The molecule has 15 heavy (non-hydrogen) atoms. The molecule has 0 fully saturated rings. The van der Waals surface area contributed by atoms with Crippen LogP contribution in [0.2, 0.25) is 5.02 Å². The summed E-state index contributed by atoms with van der Waals surface area (Å²) in [6, 6.07) is 2.38. The molecule has 1 N–H and O–H groups in total. The minimum atomic E-state index is -1.69.